The molecule has 2 rings (SSSR count). The number of aromatic amines is 1. The fourth-order valence-electron chi connectivity index (χ4n) is 2.62. The molecule has 2 aromatic rings. The quantitative estimate of drug-likeness (QED) is 0.191. The molecule has 1 aromatic carbocycles. The summed E-state index contributed by atoms with van der Waals surface area (Å²) >= 11 is 0. The first-order valence-corrected chi connectivity index (χ1v) is 9.00. The summed E-state index contributed by atoms with van der Waals surface area (Å²) < 4.78 is 0. The number of rotatable bonds is 10. The van der Waals surface area contributed by atoms with E-state index in [1.807, 2.05) is 36.4 Å². The maximum Gasteiger partial charge on any atom is 0.268 e. The van der Waals surface area contributed by atoms with E-state index in [1.165, 1.54) is 0 Å². The standard InChI is InChI=1S/C19H26N6O3/c20-19(21)23-10-4-7-15(17(27)22-11-12-26)25-18(28)16-9-8-14(24-16)13-5-2-1-3-6-13/h1-3,5-6,8-9,15,24,26H,4,7,10-12H2,(H,22,27)(H,25,28)(H4,20,21,23)/t15-/m0/s1. The minimum Gasteiger partial charge on any atom is -0.395 e. The van der Waals surface area contributed by atoms with Crippen molar-refractivity contribution in [1.82, 2.24) is 15.6 Å². The maximum absolute atomic E-state index is 12.6. The Morgan fingerprint density at radius 2 is 1.89 bits per heavy atom. The van der Waals surface area contributed by atoms with Crippen molar-refractivity contribution in [2.75, 3.05) is 19.7 Å². The number of guanidine groups is 1. The van der Waals surface area contributed by atoms with E-state index in [2.05, 4.69) is 20.6 Å². The number of carbonyl (C=O) groups excluding carboxylic acids is 2. The molecule has 0 saturated carbocycles. The molecule has 0 spiro atoms. The van der Waals surface area contributed by atoms with Gasteiger partial charge in [0, 0.05) is 18.8 Å². The average Bonchev–Trinajstić information content (AvgIpc) is 3.19. The van der Waals surface area contributed by atoms with Crippen molar-refractivity contribution in [3.8, 4) is 11.3 Å². The normalized spacial score (nSPS) is 11.5. The maximum atomic E-state index is 12.6. The SMILES string of the molecule is NC(N)=NCCC[C@H](NC(=O)c1ccc(-c2ccccc2)[nH]1)C(=O)NCCO. The Balaban J connectivity index is 2.03. The number of nitrogens with two attached hydrogens (primary N) is 2. The highest BCUT2D eigenvalue weighted by Gasteiger charge is 2.21. The third-order valence-electron chi connectivity index (χ3n) is 3.99. The van der Waals surface area contributed by atoms with Crippen LogP contribution >= 0.6 is 0 Å². The summed E-state index contributed by atoms with van der Waals surface area (Å²) in [7, 11) is 0. The number of hydrogen-bond donors (Lipinski definition) is 6. The van der Waals surface area contributed by atoms with E-state index in [4.69, 9.17) is 16.6 Å². The lowest BCUT2D eigenvalue weighted by molar-refractivity contribution is -0.123. The number of H-pyrrole nitrogens is 1. The second-order valence-electron chi connectivity index (χ2n) is 6.14. The number of aromatic nitrogens is 1. The predicted octanol–water partition coefficient (Wildman–Crippen LogP) is -0.0578. The van der Waals surface area contributed by atoms with Gasteiger partial charge in [-0.3, -0.25) is 14.6 Å². The van der Waals surface area contributed by atoms with E-state index < -0.39 is 11.9 Å². The van der Waals surface area contributed by atoms with Crippen LogP contribution < -0.4 is 22.1 Å². The minimum absolute atomic E-state index is 0.0230. The van der Waals surface area contributed by atoms with Crippen molar-refractivity contribution in [3.63, 3.8) is 0 Å². The summed E-state index contributed by atoms with van der Waals surface area (Å²) in [4.78, 5) is 31.8. The molecule has 0 radical (unpaired) electrons. The van der Waals surface area contributed by atoms with Crippen LogP contribution in [0.1, 0.15) is 23.3 Å². The summed E-state index contributed by atoms with van der Waals surface area (Å²) in [5.74, 6) is -0.791. The van der Waals surface area contributed by atoms with E-state index in [0.29, 0.717) is 25.1 Å². The molecule has 0 aliphatic rings. The van der Waals surface area contributed by atoms with Gasteiger partial charge in [-0.1, -0.05) is 30.3 Å². The third kappa shape index (κ3) is 6.44. The molecule has 2 amide bonds. The fourth-order valence-corrected chi connectivity index (χ4v) is 2.62. The van der Waals surface area contributed by atoms with Gasteiger partial charge in [-0.15, -0.1) is 0 Å². The van der Waals surface area contributed by atoms with Gasteiger partial charge in [-0.25, -0.2) is 0 Å². The Morgan fingerprint density at radius 3 is 2.57 bits per heavy atom. The van der Waals surface area contributed by atoms with Crippen molar-refractivity contribution in [3.05, 3.63) is 48.2 Å². The number of benzene rings is 1. The predicted molar refractivity (Wildman–Crippen MR) is 107 cm³/mol. The first-order valence-electron chi connectivity index (χ1n) is 9.00. The van der Waals surface area contributed by atoms with Crippen molar-refractivity contribution in [1.29, 1.82) is 0 Å². The second-order valence-corrected chi connectivity index (χ2v) is 6.14. The Bertz CT molecular complexity index is 799. The number of aliphatic hydroxyl groups is 1. The van der Waals surface area contributed by atoms with Gasteiger partial charge in [-0.05, 0) is 30.5 Å². The highest BCUT2D eigenvalue weighted by molar-refractivity contribution is 5.96. The Morgan fingerprint density at radius 1 is 1.14 bits per heavy atom. The van der Waals surface area contributed by atoms with Crippen molar-refractivity contribution < 1.29 is 14.7 Å². The fraction of sp³-hybridized carbons (Fsp3) is 0.316. The molecule has 9 heteroatoms. The van der Waals surface area contributed by atoms with Gasteiger partial charge < -0.3 is 32.2 Å². The number of aliphatic imine (C=N–C) groups is 1. The second kappa shape index (κ2) is 10.7. The highest BCUT2D eigenvalue weighted by atomic mass is 16.3. The molecule has 8 N–H and O–H groups in total. The van der Waals surface area contributed by atoms with Crippen molar-refractivity contribution >= 4 is 17.8 Å². The van der Waals surface area contributed by atoms with E-state index in [0.717, 1.165) is 11.3 Å². The number of nitrogens with zero attached hydrogens (tertiary/aromatic N) is 1. The van der Waals surface area contributed by atoms with Crippen LogP contribution in [-0.4, -0.2) is 53.6 Å². The molecular formula is C19H26N6O3. The zero-order chi connectivity index (χ0) is 20.4. The van der Waals surface area contributed by atoms with Crippen LogP contribution in [0.3, 0.4) is 0 Å². The summed E-state index contributed by atoms with van der Waals surface area (Å²) in [5, 5.41) is 14.2. The molecular weight excluding hydrogens is 360 g/mol. The Hall–Kier alpha value is -3.33. The van der Waals surface area contributed by atoms with Gasteiger partial charge >= 0.3 is 0 Å². The van der Waals surface area contributed by atoms with Gasteiger partial charge in [0.2, 0.25) is 5.91 Å². The number of nitrogens with one attached hydrogen (secondary N) is 3. The lowest BCUT2D eigenvalue weighted by Gasteiger charge is -2.17. The number of hydrogen-bond acceptors (Lipinski definition) is 4. The third-order valence-corrected chi connectivity index (χ3v) is 3.99. The van der Waals surface area contributed by atoms with Crippen LogP contribution in [0.2, 0.25) is 0 Å². The topological polar surface area (TPSA) is 159 Å². The molecule has 150 valence electrons. The van der Waals surface area contributed by atoms with Crippen LogP contribution in [0.25, 0.3) is 11.3 Å². The van der Waals surface area contributed by atoms with Crippen LogP contribution in [0.5, 0.6) is 0 Å². The zero-order valence-electron chi connectivity index (χ0n) is 15.5. The van der Waals surface area contributed by atoms with Crippen molar-refractivity contribution in [2.24, 2.45) is 16.5 Å². The van der Waals surface area contributed by atoms with E-state index >= 15 is 0 Å². The Labute approximate surface area is 163 Å². The molecule has 28 heavy (non-hydrogen) atoms. The molecule has 1 aromatic heterocycles. The minimum atomic E-state index is -0.767. The van der Waals surface area contributed by atoms with Crippen LogP contribution in [-0.2, 0) is 4.79 Å². The van der Waals surface area contributed by atoms with Gasteiger partial charge in [0.05, 0.1) is 6.61 Å². The zero-order valence-corrected chi connectivity index (χ0v) is 15.5. The largest absolute Gasteiger partial charge is 0.395 e. The lowest BCUT2D eigenvalue weighted by Crippen LogP contribution is -2.47. The van der Waals surface area contributed by atoms with Gasteiger partial charge in [0.25, 0.3) is 5.91 Å². The molecule has 0 aliphatic carbocycles. The smallest absolute Gasteiger partial charge is 0.268 e. The molecule has 0 saturated heterocycles. The molecule has 0 fully saturated rings. The summed E-state index contributed by atoms with van der Waals surface area (Å²) in [6.07, 6.45) is 0.863. The number of amides is 2. The average molecular weight is 386 g/mol. The van der Waals surface area contributed by atoms with E-state index in [9.17, 15) is 9.59 Å². The highest BCUT2D eigenvalue weighted by Crippen LogP contribution is 2.18. The summed E-state index contributed by atoms with van der Waals surface area (Å²) in [6, 6.07) is 12.3. The molecule has 0 unspecified atom stereocenters. The molecule has 0 aliphatic heterocycles. The lowest BCUT2D eigenvalue weighted by atomic mass is 10.1. The van der Waals surface area contributed by atoms with Crippen LogP contribution in [0, 0.1) is 0 Å². The summed E-state index contributed by atoms with van der Waals surface area (Å²) in [6.45, 7) is 0.278. The van der Waals surface area contributed by atoms with E-state index in [1.54, 1.807) is 6.07 Å². The van der Waals surface area contributed by atoms with Crippen LogP contribution in [0.4, 0.5) is 0 Å². The summed E-state index contributed by atoms with van der Waals surface area (Å²) in [5.41, 5.74) is 12.7. The first kappa shape index (κ1) is 21.0. The molecule has 1 heterocycles. The van der Waals surface area contributed by atoms with E-state index in [-0.39, 0.29) is 25.0 Å². The van der Waals surface area contributed by atoms with Gasteiger partial charge in [0.15, 0.2) is 5.96 Å². The van der Waals surface area contributed by atoms with Crippen LogP contribution in [0.15, 0.2) is 47.5 Å². The molecule has 0 bridgehead atoms. The number of aliphatic hydroxyl groups excluding tert-OH is 1. The van der Waals surface area contributed by atoms with Crippen molar-refractivity contribution in [2.45, 2.75) is 18.9 Å². The molecule has 9 nitrogen and oxygen atoms in total. The Kier molecular flexibility index (Phi) is 8.04. The number of carbonyl (C=O) groups is 2. The molecule has 1 atom stereocenters. The van der Waals surface area contributed by atoms with Gasteiger partial charge in [0.1, 0.15) is 11.7 Å². The van der Waals surface area contributed by atoms with Gasteiger partial charge in [-0.2, -0.15) is 0 Å². The first-order chi connectivity index (χ1) is 13.5. The monoisotopic (exact) mass is 386 g/mol.